The van der Waals surface area contributed by atoms with Gasteiger partial charge in [-0.3, -0.25) is 19.4 Å². The Morgan fingerprint density at radius 1 is 1.30 bits per heavy atom. The molecule has 7 heteroatoms. The van der Waals surface area contributed by atoms with Crippen LogP contribution < -0.4 is 0 Å². The predicted octanol–water partition coefficient (Wildman–Crippen LogP) is 2.04. The highest BCUT2D eigenvalue weighted by Gasteiger charge is 2.28. The van der Waals surface area contributed by atoms with Crippen LogP contribution in [-0.2, 0) is 16.1 Å². The molecule has 0 spiro atoms. The van der Waals surface area contributed by atoms with Gasteiger partial charge in [0.05, 0.1) is 12.6 Å². The van der Waals surface area contributed by atoms with Crippen molar-refractivity contribution in [2.75, 3.05) is 33.7 Å². The number of benzene rings is 1. The highest BCUT2D eigenvalue weighted by atomic mass is 19.1. The summed E-state index contributed by atoms with van der Waals surface area (Å²) in [7, 11) is 3.58. The first-order valence-electron chi connectivity index (χ1n) is 9.43. The minimum Gasteiger partial charge on any atom is -0.480 e. The van der Waals surface area contributed by atoms with Crippen molar-refractivity contribution >= 4 is 11.9 Å². The number of carbonyl (C=O) groups is 2. The normalized spacial score (nSPS) is 19.5. The van der Waals surface area contributed by atoms with E-state index in [1.165, 1.54) is 12.1 Å². The van der Waals surface area contributed by atoms with Crippen LogP contribution in [0.2, 0.25) is 0 Å². The van der Waals surface area contributed by atoms with E-state index < -0.39 is 5.97 Å². The van der Waals surface area contributed by atoms with Crippen LogP contribution in [0.15, 0.2) is 24.3 Å². The molecule has 1 aliphatic rings. The molecule has 0 aliphatic carbocycles. The lowest BCUT2D eigenvalue weighted by atomic mass is 10.1. The number of carboxylic acids is 1. The molecule has 150 valence electrons. The van der Waals surface area contributed by atoms with E-state index in [0.717, 1.165) is 37.9 Å². The summed E-state index contributed by atoms with van der Waals surface area (Å²) in [4.78, 5) is 29.4. The summed E-state index contributed by atoms with van der Waals surface area (Å²) in [5.41, 5.74) is 0.768. The summed E-state index contributed by atoms with van der Waals surface area (Å²) >= 11 is 0. The number of nitrogens with zero attached hydrogens (tertiary/aromatic N) is 3. The third-order valence-electron chi connectivity index (χ3n) is 5.33. The van der Waals surface area contributed by atoms with Gasteiger partial charge < -0.3 is 10.0 Å². The highest BCUT2D eigenvalue weighted by Crippen LogP contribution is 2.18. The first-order valence-corrected chi connectivity index (χ1v) is 9.43. The zero-order chi connectivity index (χ0) is 20.0. The van der Waals surface area contributed by atoms with Crippen molar-refractivity contribution < 1.29 is 19.1 Å². The number of halogens is 1. The van der Waals surface area contributed by atoms with E-state index in [-0.39, 0.29) is 30.4 Å². The SMILES string of the molecule is CC(C(=O)N(C)Cc1cccc(F)c1)N1CCCC(N(C)CC(=O)O)CC1. The third-order valence-corrected chi connectivity index (χ3v) is 5.33. The zero-order valence-corrected chi connectivity index (χ0v) is 16.4. The van der Waals surface area contributed by atoms with Crippen LogP contribution in [-0.4, -0.2) is 77.5 Å². The minimum absolute atomic E-state index is 0.0107. The van der Waals surface area contributed by atoms with Crippen molar-refractivity contribution in [3.63, 3.8) is 0 Å². The topological polar surface area (TPSA) is 64.1 Å². The molecular formula is C20H30FN3O3. The van der Waals surface area contributed by atoms with Crippen molar-refractivity contribution in [1.29, 1.82) is 0 Å². The quantitative estimate of drug-likeness (QED) is 0.786. The predicted molar refractivity (Wildman–Crippen MR) is 102 cm³/mol. The molecule has 2 rings (SSSR count). The number of likely N-dealkylation sites (N-methyl/N-ethyl adjacent to an activating group) is 2. The lowest BCUT2D eigenvalue weighted by molar-refractivity contribution is -0.138. The second kappa shape index (κ2) is 9.80. The van der Waals surface area contributed by atoms with Crippen molar-refractivity contribution in [2.45, 2.75) is 44.8 Å². The number of amides is 1. The molecule has 1 fully saturated rings. The van der Waals surface area contributed by atoms with Gasteiger partial charge >= 0.3 is 5.97 Å². The van der Waals surface area contributed by atoms with Crippen LogP contribution >= 0.6 is 0 Å². The number of hydrogen-bond acceptors (Lipinski definition) is 4. The fraction of sp³-hybridized carbons (Fsp3) is 0.600. The molecule has 0 bridgehead atoms. The zero-order valence-electron chi connectivity index (χ0n) is 16.4. The Hall–Kier alpha value is -1.99. The maximum atomic E-state index is 13.3. The van der Waals surface area contributed by atoms with Crippen LogP contribution in [0.3, 0.4) is 0 Å². The van der Waals surface area contributed by atoms with Crippen molar-refractivity contribution in [3.8, 4) is 0 Å². The Morgan fingerprint density at radius 3 is 2.70 bits per heavy atom. The Morgan fingerprint density at radius 2 is 2.04 bits per heavy atom. The molecule has 1 amide bonds. The molecule has 1 aliphatic heterocycles. The van der Waals surface area contributed by atoms with Crippen LogP contribution in [0.1, 0.15) is 31.7 Å². The number of likely N-dealkylation sites (tertiary alicyclic amines) is 1. The summed E-state index contributed by atoms with van der Waals surface area (Å²) in [6.45, 7) is 3.90. The molecule has 1 aromatic rings. The van der Waals surface area contributed by atoms with Gasteiger partial charge in [-0.05, 0) is 57.5 Å². The maximum absolute atomic E-state index is 13.3. The highest BCUT2D eigenvalue weighted by molar-refractivity contribution is 5.81. The Bertz CT molecular complexity index is 655. The molecule has 2 atom stereocenters. The fourth-order valence-corrected chi connectivity index (χ4v) is 3.73. The molecule has 6 nitrogen and oxygen atoms in total. The van der Waals surface area contributed by atoms with Gasteiger partial charge in [-0.15, -0.1) is 0 Å². The monoisotopic (exact) mass is 379 g/mol. The van der Waals surface area contributed by atoms with Gasteiger partial charge in [0, 0.05) is 26.2 Å². The standard InChI is InChI=1S/C20H30FN3O3/c1-15(20(27)23(3)13-16-6-4-7-17(21)12-16)24-10-5-8-18(9-11-24)22(2)14-19(25)26/h4,6-7,12,15,18H,5,8-11,13-14H2,1-3H3,(H,25,26). The lowest BCUT2D eigenvalue weighted by Gasteiger charge is -2.31. The number of hydrogen-bond donors (Lipinski definition) is 1. The van der Waals surface area contributed by atoms with E-state index in [2.05, 4.69) is 4.90 Å². The first kappa shape index (κ1) is 21.3. The Balaban J connectivity index is 1.91. The molecule has 0 aromatic heterocycles. The molecular weight excluding hydrogens is 349 g/mol. The average Bonchev–Trinajstić information content (AvgIpc) is 2.86. The van der Waals surface area contributed by atoms with Gasteiger partial charge in [0.1, 0.15) is 5.82 Å². The minimum atomic E-state index is -0.818. The molecule has 2 unspecified atom stereocenters. The summed E-state index contributed by atoms with van der Waals surface area (Å²) < 4.78 is 13.3. The summed E-state index contributed by atoms with van der Waals surface area (Å²) in [6, 6.07) is 6.26. The second-order valence-corrected chi connectivity index (χ2v) is 7.43. The van der Waals surface area contributed by atoms with Gasteiger partial charge in [0.25, 0.3) is 0 Å². The number of aliphatic carboxylic acids is 1. The van der Waals surface area contributed by atoms with E-state index in [1.54, 1.807) is 18.0 Å². The molecule has 0 radical (unpaired) electrons. The van der Waals surface area contributed by atoms with Crippen LogP contribution in [0.25, 0.3) is 0 Å². The Labute approximate surface area is 160 Å². The third kappa shape index (κ3) is 6.29. The van der Waals surface area contributed by atoms with Gasteiger partial charge in [-0.25, -0.2) is 4.39 Å². The van der Waals surface area contributed by atoms with Gasteiger partial charge in [0.2, 0.25) is 5.91 Å². The molecule has 1 N–H and O–H groups in total. The van der Waals surface area contributed by atoms with E-state index in [4.69, 9.17) is 5.11 Å². The van der Waals surface area contributed by atoms with Crippen LogP contribution in [0.4, 0.5) is 4.39 Å². The van der Waals surface area contributed by atoms with Crippen LogP contribution in [0.5, 0.6) is 0 Å². The van der Waals surface area contributed by atoms with E-state index in [1.807, 2.05) is 24.9 Å². The smallest absolute Gasteiger partial charge is 0.317 e. The number of carboxylic acid groups (broad SMARTS) is 1. The van der Waals surface area contributed by atoms with Crippen molar-refractivity contribution in [1.82, 2.24) is 14.7 Å². The maximum Gasteiger partial charge on any atom is 0.317 e. The fourth-order valence-electron chi connectivity index (χ4n) is 3.73. The van der Waals surface area contributed by atoms with Crippen molar-refractivity contribution in [3.05, 3.63) is 35.6 Å². The summed E-state index contributed by atoms with van der Waals surface area (Å²) in [6.07, 6.45) is 2.70. The number of rotatable bonds is 7. The molecule has 1 saturated heterocycles. The molecule has 0 saturated carbocycles. The van der Waals surface area contributed by atoms with Crippen LogP contribution in [0, 0.1) is 5.82 Å². The average molecular weight is 379 g/mol. The van der Waals surface area contributed by atoms with Gasteiger partial charge in [-0.2, -0.15) is 0 Å². The summed E-state index contributed by atoms with van der Waals surface area (Å²) in [5, 5.41) is 8.97. The molecule has 27 heavy (non-hydrogen) atoms. The lowest BCUT2D eigenvalue weighted by Crippen LogP contribution is -2.46. The number of carbonyl (C=O) groups excluding carboxylic acids is 1. The Kier molecular flexibility index (Phi) is 7.74. The van der Waals surface area contributed by atoms with E-state index >= 15 is 0 Å². The van der Waals surface area contributed by atoms with Crippen molar-refractivity contribution in [2.24, 2.45) is 0 Å². The molecule has 1 aromatic carbocycles. The summed E-state index contributed by atoms with van der Waals surface area (Å²) in [5.74, 6) is -1.11. The molecule has 1 heterocycles. The van der Waals surface area contributed by atoms with Gasteiger partial charge in [-0.1, -0.05) is 12.1 Å². The van der Waals surface area contributed by atoms with Gasteiger partial charge in [0.15, 0.2) is 0 Å². The largest absolute Gasteiger partial charge is 0.480 e. The second-order valence-electron chi connectivity index (χ2n) is 7.43. The van der Waals surface area contributed by atoms with E-state index in [9.17, 15) is 14.0 Å². The first-order chi connectivity index (χ1) is 12.8. The van der Waals surface area contributed by atoms with E-state index in [0.29, 0.717) is 6.54 Å².